The molecule has 1 atom stereocenters. The number of halogens is 1. The van der Waals surface area contributed by atoms with Crippen molar-refractivity contribution in [2.24, 2.45) is 0 Å². The van der Waals surface area contributed by atoms with E-state index in [1.54, 1.807) is 45.0 Å². The van der Waals surface area contributed by atoms with Crippen LogP contribution in [-0.2, 0) is 14.2 Å². The van der Waals surface area contributed by atoms with Crippen LogP contribution in [-0.4, -0.2) is 11.5 Å². The monoisotopic (exact) mass is 262 g/mol. The molecule has 5 heteroatoms. The number of benzene rings is 1. The van der Waals surface area contributed by atoms with Gasteiger partial charge in [0.05, 0.1) is 11.8 Å². The molecular formula is C11H16ClO3P. The molecule has 0 aromatic heterocycles. The van der Waals surface area contributed by atoms with Gasteiger partial charge in [-0.25, -0.2) is 0 Å². The van der Waals surface area contributed by atoms with E-state index in [-0.39, 0.29) is 6.61 Å². The fraction of sp³-hybridized carbons (Fsp3) is 0.455. The minimum Gasteiger partial charge on any atom is -0.324 e. The zero-order valence-corrected chi connectivity index (χ0v) is 11.3. The number of rotatable bonds is 4. The Balaban J connectivity index is 3.10. The molecule has 0 radical (unpaired) electrons. The second kappa shape index (κ2) is 4.89. The molecule has 0 fully saturated rings. The van der Waals surface area contributed by atoms with Crippen LogP contribution in [0.25, 0.3) is 0 Å². The van der Waals surface area contributed by atoms with Gasteiger partial charge in [-0.1, -0.05) is 23.7 Å². The Morgan fingerprint density at radius 1 is 1.38 bits per heavy atom. The molecular weight excluding hydrogens is 247 g/mol. The van der Waals surface area contributed by atoms with Crippen LogP contribution in [0.3, 0.4) is 0 Å². The highest BCUT2D eigenvalue weighted by Crippen LogP contribution is 2.60. The topological polar surface area (TPSA) is 46.5 Å². The van der Waals surface area contributed by atoms with Gasteiger partial charge in [0.2, 0.25) is 0 Å². The quantitative estimate of drug-likeness (QED) is 0.840. The Kier molecular flexibility index (Phi) is 4.19. The average molecular weight is 263 g/mol. The van der Waals surface area contributed by atoms with Gasteiger partial charge in [-0.05, 0) is 38.5 Å². The fourth-order valence-corrected chi connectivity index (χ4v) is 2.63. The van der Waals surface area contributed by atoms with Crippen molar-refractivity contribution >= 4 is 19.2 Å². The summed E-state index contributed by atoms with van der Waals surface area (Å²) in [6, 6.07) is 6.88. The lowest BCUT2D eigenvalue weighted by Gasteiger charge is -2.29. The first-order chi connectivity index (χ1) is 7.31. The van der Waals surface area contributed by atoms with E-state index in [9.17, 15) is 9.46 Å². The van der Waals surface area contributed by atoms with Crippen molar-refractivity contribution in [3.63, 3.8) is 0 Å². The molecule has 16 heavy (non-hydrogen) atoms. The third-order valence-electron chi connectivity index (χ3n) is 2.56. The summed E-state index contributed by atoms with van der Waals surface area (Å²) >= 11 is 5.77. The predicted molar refractivity (Wildman–Crippen MR) is 65.9 cm³/mol. The van der Waals surface area contributed by atoms with E-state index in [2.05, 4.69) is 0 Å². The Labute approximate surface area is 101 Å². The molecule has 1 aromatic carbocycles. The van der Waals surface area contributed by atoms with Crippen LogP contribution in [0.5, 0.6) is 0 Å². The molecule has 0 aliphatic rings. The van der Waals surface area contributed by atoms with Crippen molar-refractivity contribution in [2.75, 3.05) is 6.61 Å². The molecule has 1 unspecified atom stereocenters. The van der Waals surface area contributed by atoms with E-state index in [1.165, 1.54) is 0 Å². The zero-order chi connectivity index (χ0) is 12.4. The third kappa shape index (κ3) is 2.67. The lowest BCUT2D eigenvalue weighted by molar-refractivity contribution is 0.251. The standard InChI is InChI=1S/C11H16ClO3P/c1-4-15-16(13,14)11(2,3)9-5-7-10(12)8-6-9/h5-8H,4H2,1-3H3,(H,13,14). The number of hydrogen-bond acceptors (Lipinski definition) is 2. The van der Waals surface area contributed by atoms with Crippen LogP contribution < -0.4 is 0 Å². The molecule has 0 saturated heterocycles. The molecule has 0 bridgehead atoms. The van der Waals surface area contributed by atoms with Crippen molar-refractivity contribution in [1.82, 2.24) is 0 Å². The van der Waals surface area contributed by atoms with Crippen molar-refractivity contribution in [3.05, 3.63) is 34.9 Å². The Morgan fingerprint density at radius 3 is 2.31 bits per heavy atom. The van der Waals surface area contributed by atoms with Gasteiger partial charge in [-0.15, -0.1) is 0 Å². The van der Waals surface area contributed by atoms with Gasteiger partial charge in [-0.3, -0.25) is 4.57 Å². The van der Waals surface area contributed by atoms with Crippen LogP contribution in [0.1, 0.15) is 26.3 Å². The summed E-state index contributed by atoms with van der Waals surface area (Å²) in [4.78, 5) is 9.87. The first-order valence-electron chi connectivity index (χ1n) is 5.04. The molecule has 1 rings (SSSR count). The van der Waals surface area contributed by atoms with E-state index < -0.39 is 12.8 Å². The first-order valence-corrected chi connectivity index (χ1v) is 7.00. The normalized spacial score (nSPS) is 15.8. The van der Waals surface area contributed by atoms with Crippen molar-refractivity contribution in [3.8, 4) is 0 Å². The fourth-order valence-electron chi connectivity index (χ4n) is 1.36. The van der Waals surface area contributed by atoms with Gasteiger partial charge in [0.1, 0.15) is 0 Å². The molecule has 1 N–H and O–H groups in total. The van der Waals surface area contributed by atoms with E-state index in [1.807, 2.05) is 0 Å². The van der Waals surface area contributed by atoms with Crippen LogP contribution in [0.4, 0.5) is 0 Å². The minimum absolute atomic E-state index is 0.213. The third-order valence-corrected chi connectivity index (χ3v) is 5.09. The summed E-state index contributed by atoms with van der Waals surface area (Å²) in [7, 11) is -3.68. The predicted octanol–water partition coefficient (Wildman–Crippen LogP) is 3.80. The molecule has 0 spiro atoms. The second-order valence-corrected chi connectivity index (χ2v) is 6.86. The Bertz CT molecular complexity index is 400. The Hall–Kier alpha value is -0.340. The van der Waals surface area contributed by atoms with Gasteiger partial charge >= 0.3 is 7.60 Å². The number of hydrogen-bond donors (Lipinski definition) is 1. The van der Waals surface area contributed by atoms with Gasteiger partial charge in [0.15, 0.2) is 0 Å². The molecule has 1 aromatic rings. The summed E-state index contributed by atoms with van der Waals surface area (Å²) < 4.78 is 17.0. The smallest absolute Gasteiger partial charge is 0.324 e. The molecule has 90 valence electrons. The van der Waals surface area contributed by atoms with Gasteiger partial charge in [-0.2, -0.15) is 0 Å². The molecule has 0 heterocycles. The molecule has 0 amide bonds. The van der Waals surface area contributed by atoms with Gasteiger partial charge in [0.25, 0.3) is 0 Å². The largest absolute Gasteiger partial charge is 0.337 e. The van der Waals surface area contributed by atoms with E-state index in [0.717, 1.165) is 5.56 Å². The lowest BCUT2D eigenvalue weighted by atomic mass is 10.0. The summed E-state index contributed by atoms with van der Waals surface area (Å²) in [5.74, 6) is 0. The Morgan fingerprint density at radius 2 is 1.88 bits per heavy atom. The van der Waals surface area contributed by atoms with Crippen molar-refractivity contribution in [2.45, 2.75) is 25.9 Å². The first kappa shape index (κ1) is 13.7. The summed E-state index contributed by atoms with van der Waals surface area (Å²) in [6.07, 6.45) is 0. The average Bonchev–Trinajstić information content (AvgIpc) is 2.18. The second-order valence-electron chi connectivity index (χ2n) is 4.00. The van der Waals surface area contributed by atoms with Crippen LogP contribution >= 0.6 is 19.2 Å². The molecule has 0 saturated carbocycles. The van der Waals surface area contributed by atoms with E-state index in [4.69, 9.17) is 16.1 Å². The van der Waals surface area contributed by atoms with Crippen LogP contribution in [0.15, 0.2) is 24.3 Å². The van der Waals surface area contributed by atoms with E-state index in [0.29, 0.717) is 5.02 Å². The van der Waals surface area contributed by atoms with Crippen molar-refractivity contribution < 1.29 is 14.0 Å². The minimum atomic E-state index is -3.68. The van der Waals surface area contributed by atoms with Crippen molar-refractivity contribution in [1.29, 1.82) is 0 Å². The zero-order valence-electron chi connectivity index (χ0n) is 9.61. The highest BCUT2D eigenvalue weighted by atomic mass is 35.5. The van der Waals surface area contributed by atoms with Gasteiger partial charge < -0.3 is 9.42 Å². The molecule has 3 nitrogen and oxygen atoms in total. The van der Waals surface area contributed by atoms with Crippen LogP contribution in [0, 0.1) is 0 Å². The maximum Gasteiger partial charge on any atom is 0.337 e. The highest BCUT2D eigenvalue weighted by molar-refractivity contribution is 7.54. The summed E-state index contributed by atoms with van der Waals surface area (Å²) in [5, 5.41) is -0.336. The summed E-state index contributed by atoms with van der Waals surface area (Å²) in [6.45, 7) is 5.28. The maximum absolute atomic E-state index is 12.0. The SMILES string of the molecule is CCOP(=O)(O)C(C)(C)c1ccc(Cl)cc1. The maximum atomic E-state index is 12.0. The van der Waals surface area contributed by atoms with Gasteiger partial charge in [0, 0.05) is 5.02 Å². The highest BCUT2D eigenvalue weighted by Gasteiger charge is 2.41. The van der Waals surface area contributed by atoms with E-state index >= 15 is 0 Å². The van der Waals surface area contributed by atoms with Crippen LogP contribution in [0.2, 0.25) is 5.02 Å². The molecule has 0 aliphatic carbocycles. The molecule has 0 aliphatic heterocycles. The summed E-state index contributed by atoms with van der Waals surface area (Å²) in [5.41, 5.74) is 0.733. The lowest BCUT2D eigenvalue weighted by Crippen LogP contribution is -2.19.